The normalized spacial score (nSPS) is 20.0. The molecule has 0 saturated carbocycles. The van der Waals surface area contributed by atoms with E-state index < -0.39 is 29.4 Å². The Hall–Kier alpha value is -1.98. The largest absolute Gasteiger partial charge is 0.481 e. The molecule has 6 heteroatoms. The van der Waals surface area contributed by atoms with E-state index in [9.17, 15) is 18.4 Å². The Labute approximate surface area is 102 Å². The third kappa shape index (κ3) is 2.18. The van der Waals surface area contributed by atoms with Gasteiger partial charge in [-0.3, -0.25) is 9.59 Å². The van der Waals surface area contributed by atoms with Crippen molar-refractivity contribution in [3.05, 3.63) is 29.8 Å². The standard InChI is InChI=1S/C12H11F2NO3/c13-9-4-3-7(6-10(9)14)15-5-1-2-8(11(15)16)12(17)18/h3-4,6,8H,1-2,5H2,(H,17,18). The monoisotopic (exact) mass is 255 g/mol. The average molecular weight is 255 g/mol. The van der Waals surface area contributed by atoms with Crippen LogP contribution in [-0.4, -0.2) is 23.5 Å². The van der Waals surface area contributed by atoms with Crippen LogP contribution in [0.5, 0.6) is 0 Å². The highest BCUT2D eigenvalue weighted by Crippen LogP contribution is 2.25. The number of aliphatic carboxylic acids is 1. The van der Waals surface area contributed by atoms with Crippen LogP contribution in [0.15, 0.2) is 18.2 Å². The first kappa shape index (κ1) is 12.5. The number of carbonyl (C=O) groups excluding carboxylic acids is 1. The van der Waals surface area contributed by atoms with Gasteiger partial charge >= 0.3 is 5.97 Å². The summed E-state index contributed by atoms with van der Waals surface area (Å²) in [5.41, 5.74) is 0.185. The van der Waals surface area contributed by atoms with Gasteiger partial charge in [0.15, 0.2) is 11.6 Å². The topological polar surface area (TPSA) is 57.6 Å². The predicted octanol–water partition coefficient (Wildman–Crippen LogP) is 1.79. The molecule has 4 nitrogen and oxygen atoms in total. The summed E-state index contributed by atoms with van der Waals surface area (Å²) in [4.78, 5) is 24.0. The SMILES string of the molecule is O=C(O)C1CCCN(c2ccc(F)c(F)c2)C1=O. The van der Waals surface area contributed by atoms with E-state index in [2.05, 4.69) is 0 Å². The van der Waals surface area contributed by atoms with Crippen molar-refractivity contribution in [3.63, 3.8) is 0 Å². The molecule has 2 rings (SSSR count). The number of benzene rings is 1. The Bertz CT molecular complexity index is 504. The van der Waals surface area contributed by atoms with Crippen molar-refractivity contribution in [2.45, 2.75) is 12.8 Å². The van der Waals surface area contributed by atoms with Gasteiger partial charge in [0.2, 0.25) is 5.91 Å². The fourth-order valence-corrected chi connectivity index (χ4v) is 2.01. The number of carbonyl (C=O) groups is 2. The molecule has 0 bridgehead atoms. The van der Waals surface area contributed by atoms with Crippen molar-refractivity contribution in [1.82, 2.24) is 0 Å². The van der Waals surface area contributed by atoms with E-state index in [1.807, 2.05) is 0 Å². The van der Waals surface area contributed by atoms with Crippen LogP contribution in [0.3, 0.4) is 0 Å². The van der Waals surface area contributed by atoms with Crippen LogP contribution in [0.25, 0.3) is 0 Å². The Morgan fingerprint density at radius 2 is 2.06 bits per heavy atom. The highest BCUT2D eigenvalue weighted by molar-refractivity contribution is 6.06. The highest BCUT2D eigenvalue weighted by atomic mass is 19.2. The first-order valence-corrected chi connectivity index (χ1v) is 5.50. The molecule has 0 radical (unpaired) electrons. The lowest BCUT2D eigenvalue weighted by atomic mass is 9.96. The molecular weight excluding hydrogens is 244 g/mol. The van der Waals surface area contributed by atoms with Crippen molar-refractivity contribution in [3.8, 4) is 0 Å². The second kappa shape index (κ2) is 4.72. The minimum absolute atomic E-state index is 0.185. The van der Waals surface area contributed by atoms with E-state index in [0.717, 1.165) is 12.1 Å². The minimum atomic E-state index is -1.19. The molecule has 1 heterocycles. The molecule has 1 fully saturated rings. The number of carboxylic acids is 1. The van der Waals surface area contributed by atoms with Crippen LogP contribution >= 0.6 is 0 Å². The average Bonchev–Trinajstić information content (AvgIpc) is 2.33. The van der Waals surface area contributed by atoms with Crippen molar-refractivity contribution < 1.29 is 23.5 Å². The number of piperidine rings is 1. The van der Waals surface area contributed by atoms with E-state index in [-0.39, 0.29) is 12.1 Å². The first-order chi connectivity index (χ1) is 8.50. The van der Waals surface area contributed by atoms with Crippen molar-refractivity contribution in [2.75, 3.05) is 11.4 Å². The Kier molecular flexibility index (Phi) is 3.27. The lowest BCUT2D eigenvalue weighted by Gasteiger charge is -2.30. The molecule has 1 aromatic rings. The summed E-state index contributed by atoms with van der Waals surface area (Å²) in [5.74, 6) is -4.94. The van der Waals surface area contributed by atoms with Gasteiger partial charge in [-0.05, 0) is 25.0 Å². The summed E-state index contributed by atoms with van der Waals surface area (Å²) in [5, 5.41) is 8.89. The van der Waals surface area contributed by atoms with Crippen LogP contribution < -0.4 is 4.90 Å². The molecule has 0 spiro atoms. The van der Waals surface area contributed by atoms with Crippen LogP contribution in [-0.2, 0) is 9.59 Å². The number of hydrogen-bond donors (Lipinski definition) is 1. The van der Waals surface area contributed by atoms with Crippen LogP contribution in [0.1, 0.15) is 12.8 Å². The van der Waals surface area contributed by atoms with Crippen LogP contribution in [0.2, 0.25) is 0 Å². The number of rotatable bonds is 2. The number of carboxylic acid groups (broad SMARTS) is 1. The third-order valence-corrected chi connectivity index (χ3v) is 2.95. The molecule has 1 N–H and O–H groups in total. The maximum atomic E-state index is 13.1. The molecule has 18 heavy (non-hydrogen) atoms. The molecular formula is C12H11F2NO3. The van der Waals surface area contributed by atoms with Gasteiger partial charge in [-0.2, -0.15) is 0 Å². The summed E-state index contributed by atoms with van der Waals surface area (Å²) in [6.07, 6.45) is 0.788. The number of halogens is 2. The van der Waals surface area contributed by atoms with E-state index in [0.29, 0.717) is 13.0 Å². The second-order valence-electron chi connectivity index (χ2n) is 4.12. The molecule has 1 saturated heterocycles. The van der Waals surface area contributed by atoms with Gasteiger partial charge in [0, 0.05) is 18.3 Å². The molecule has 1 aliphatic heterocycles. The van der Waals surface area contributed by atoms with E-state index in [1.54, 1.807) is 0 Å². The second-order valence-corrected chi connectivity index (χ2v) is 4.12. The quantitative estimate of drug-likeness (QED) is 0.820. The van der Waals surface area contributed by atoms with E-state index in [1.165, 1.54) is 11.0 Å². The van der Waals surface area contributed by atoms with Crippen molar-refractivity contribution in [1.29, 1.82) is 0 Å². The summed E-state index contributed by atoms with van der Waals surface area (Å²) >= 11 is 0. The van der Waals surface area contributed by atoms with Gasteiger partial charge in [-0.1, -0.05) is 0 Å². The fraction of sp³-hybridized carbons (Fsp3) is 0.333. The Morgan fingerprint density at radius 3 is 2.67 bits per heavy atom. The number of anilines is 1. The van der Waals surface area contributed by atoms with Gasteiger partial charge in [-0.25, -0.2) is 8.78 Å². The van der Waals surface area contributed by atoms with E-state index >= 15 is 0 Å². The predicted molar refractivity (Wildman–Crippen MR) is 59.1 cm³/mol. The van der Waals surface area contributed by atoms with Gasteiger partial charge in [-0.15, -0.1) is 0 Å². The summed E-state index contributed by atoms with van der Waals surface area (Å²) in [6, 6.07) is 3.08. The number of amides is 1. The van der Waals surface area contributed by atoms with Crippen molar-refractivity contribution >= 4 is 17.6 Å². The lowest BCUT2D eigenvalue weighted by Crippen LogP contribution is -2.44. The molecule has 0 aliphatic carbocycles. The first-order valence-electron chi connectivity index (χ1n) is 5.50. The number of hydrogen-bond acceptors (Lipinski definition) is 2. The summed E-state index contributed by atoms with van der Waals surface area (Å²) in [7, 11) is 0. The maximum absolute atomic E-state index is 13.1. The van der Waals surface area contributed by atoms with Crippen LogP contribution in [0.4, 0.5) is 14.5 Å². The van der Waals surface area contributed by atoms with Gasteiger partial charge in [0.1, 0.15) is 5.92 Å². The zero-order valence-electron chi connectivity index (χ0n) is 9.40. The minimum Gasteiger partial charge on any atom is -0.481 e. The lowest BCUT2D eigenvalue weighted by molar-refractivity contribution is -0.147. The van der Waals surface area contributed by atoms with Crippen molar-refractivity contribution in [2.24, 2.45) is 5.92 Å². The fourth-order valence-electron chi connectivity index (χ4n) is 2.01. The van der Waals surface area contributed by atoms with Crippen LogP contribution in [0, 0.1) is 17.6 Å². The zero-order valence-corrected chi connectivity index (χ0v) is 9.40. The molecule has 1 atom stereocenters. The molecule has 1 amide bonds. The van der Waals surface area contributed by atoms with Gasteiger partial charge in [0.05, 0.1) is 0 Å². The maximum Gasteiger partial charge on any atom is 0.316 e. The zero-order chi connectivity index (χ0) is 13.3. The van der Waals surface area contributed by atoms with E-state index in [4.69, 9.17) is 5.11 Å². The smallest absolute Gasteiger partial charge is 0.316 e. The van der Waals surface area contributed by atoms with Gasteiger partial charge in [0.25, 0.3) is 0 Å². The Balaban J connectivity index is 2.29. The molecule has 0 aromatic heterocycles. The molecule has 96 valence electrons. The Morgan fingerprint density at radius 1 is 1.33 bits per heavy atom. The summed E-state index contributed by atoms with van der Waals surface area (Å²) in [6.45, 7) is 0.313. The molecule has 1 aromatic carbocycles. The molecule has 1 aliphatic rings. The molecule has 1 unspecified atom stereocenters. The third-order valence-electron chi connectivity index (χ3n) is 2.95. The highest BCUT2D eigenvalue weighted by Gasteiger charge is 2.34. The summed E-state index contributed by atoms with van der Waals surface area (Å²) < 4.78 is 25.9. The van der Waals surface area contributed by atoms with Gasteiger partial charge < -0.3 is 10.0 Å². The number of nitrogens with zero attached hydrogens (tertiary/aromatic N) is 1.